The zero-order valence-corrected chi connectivity index (χ0v) is 11.5. The van der Waals surface area contributed by atoms with E-state index < -0.39 is 6.04 Å². The van der Waals surface area contributed by atoms with E-state index in [4.69, 9.17) is 10.2 Å². The van der Waals surface area contributed by atoms with Gasteiger partial charge in [-0.25, -0.2) is 4.98 Å². The minimum atomic E-state index is -0.522. The molecule has 1 unspecified atom stereocenters. The molecule has 1 aromatic carbocycles. The quantitative estimate of drug-likeness (QED) is 0.837. The van der Waals surface area contributed by atoms with Crippen LogP contribution in [0.5, 0.6) is 0 Å². The van der Waals surface area contributed by atoms with E-state index in [1.807, 2.05) is 37.3 Å². The van der Waals surface area contributed by atoms with Crippen LogP contribution in [-0.4, -0.2) is 16.9 Å². The molecule has 0 aliphatic heterocycles. The van der Waals surface area contributed by atoms with Gasteiger partial charge in [0.1, 0.15) is 5.76 Å². The minimum absolute atomic E-state index is 0.184. The van der Waals surface area contributed by atoms with Crippen LogP contribution in [0.25, 0.3) is 0 Å². The Morgan fingerprint density at radius 2 is 2.15 bits per heavy atom. The molecular formula is C15H19N3O2. The number of amides is 1. The summed E-state index contributed by atoms with van der Waals surface area (Å²) in [5, 5.41) is 2.73. The second-order valence-corrected chi connectivity index (χ2v) is 4.71. The van der Waals surface area contributed by atoms with Crippen LogP contribution in [0.3, 0.4) is 0 Å². The number of nitrogens with one attached hydrogen (secondary N) is 1. The molecule has 0 aliphatic carbocycles. The fourth-order valence-corrected chi connectivity index (χ4v) is 1.87. The van der Waals surface area contributed by atoms with Crippen LogP contribution < -0.4 is 11.1 Å². The summed E-state index contributed by atoms with van der Waals surface area (Å²) < 4.78 is 5.28. The van der Waals surface area contributed by atoms with Crippen LogP contribution in [0.15, 0.2) is 40.9 Å². The molecule has 0 spiro atoms. The third-order valence-electron chi connectivity index (χ3n) is 3.01. The van der Waals surface area contributed by atoms with Crippen molar-refractivity contribution in [2.45, 2.75) is 32.4 Å². The van der Waals surface area contributed by atoms with Crippen LogP contribution in [0.1, 0.15) is 23.6 Å². The molecule has 20 heavy (non-hydrogen) atoms. The Balaban J connectivity index is 1.74. The lowest BCUT2D eigenvalue weighted by molar-refractivity contribution is -0.122. The van der Waals surface area contributed by atoms with E-state index in [0.29, 0.717) is 12.3 Å². The van der Waals surface area contributed by atoms with Crippen LogP contribution in [0.4, 0.5) is 0 Å². The average molecular weight is 273 g/mol. The largest absolute Gasteiger partial charge is 0.444 e. The highest BCUT2D eigenvalue weighted by Gasteiger charge is 2.13. The summed E-state index contributed by atoms with van der Waals surface area (Å²) in [6, 6.07) is 9.46. The predicted molar refractivity (Wildman–Crippen MR) is 75.8 cm³/mol. The Hall–Kier alpha value is -2.14. The standard InChI is InChI=1S/C15H19N3O2/c1-11-9-17-14(20-11)10-18-15(19)13(16)8-7-12-5-3-2-4-6-12/h2-6,9,13H,7-8,10,16H2,1H3,(H,18,19). The highest BCUT2D eigenvalue weighted by Crippen LogP contribution is 2.05. The first-order valence-electron chi connectivity index (χ1n) is 6.63. The van der Waals surface area contributed by atoms with Crippen LogP contribution in [0.2, 0.25) is 0 Å². The molecule has 3 N–H and O–H groups in total. The summed E-state index contributed by atoms with van der Waals surface area (Å²) in [4.78, 5) is 15.9. The van der Waals surface area contributed by atoms with Gasteiger partial charge >= 0.3 is 0 Å². The number of aryl methyl sites for hydroxylation is 2. The number of hydrogen-bond acceptors (Lipinski definition) is 4. The van der Waals surface area contributed by atoms with Crippen molar-refractivity contribution >= 4 is 5.91 Å². The Morgan fingerprint density at radius 3 is 2.80 bits per heavy atom. The third-order valence-corrected chi connectivity index (χ3v) is 3.01. The maximum absolute atomic E-state index is 11.8. The first-order chi connectivity index (χ1) is 9.65. The van der Waals surface area contributed by atoms with Crippen molar-refractivity contribution in [2.75, 3.05) is 0 Å². The molecule has 0 radical (unpaired) electrons. The Labute approximate surface area is 118 Å². The molecule has 5 nitrogen and oxygen atoms in total. The molecule has 5 heteroatoms. The highest BCUT2D eigenvalue weighted by atomic mass is 16.4. The third kappa shape index (κ3) is 4.20. The zero-order chi connectivity index (χ0) is 14.4. The fraction of sp³-hybridized carbons (Fsp3) is 0.333. The second kappa shape index (κ2) is 6.86. The number of nitrogens with zero attached hydrogens (tertiary/aromatic N) is 1. The van der Waals surface area contributed by atoms with E-state index in [1.54, 1.807) is 6.20 Å². The molecule has 0 aliphatic rings. The van der Waals surface area contributed by atoms with Gasteiger partial charge in [0.15, 0.2) is 0 Å². The normalized spacial score (nSPS) is 12.1. The molecule has 2 aromatic rings. The average Bonchev–Trinajstić information content (AvgIpc) is 2.89. The summed E-state index contributed by atoms with van der Waals surface area (Å²) in [6.07, 6.45) is 3.02. The first-order valence-corrected chi connectivity index (χ1v) is 6.63. The summed E-state index contributed by atoms with van der Waals surface area (Å²) in [5.41, 5.74) is 7.05. The van der Waals surface area contributed by atoms with Crippen molar-refractivity contribution < 1.29 is 9.21 Å². The Kier molecular flexibility index (Phi) is 4.90. The number of aromatic nitrogens is 1. The van der Waals surface area contributed by atoms with E-state index in [0.717, 1.165) is 12.2 Å². The second-order valence-electron chi connectivity index (χ2n) is 4.71. The van der Waals surface area contributed by atoms with Crippen molar-refractivity contribution in [2.24, 2.45) is 5.73 Å². The number of hydrogen-bond donors (Lipinski definition) is 2. The Morgan fingerprint density at radius 1 is 1.40 bits per heavy atom. The molecule has 0 fully saturated rings. The molecule has 0 bridgehead atoms. The maximum Gasteiger partial charge on any atom is 0.237 e. The number of oxazole rings is 1. The van der Waals surface area contributed by atoms with Crippen LogP contribution in [-0.2, 0) is 17.8 Å². The van der Waals surface area contributed by atoms with Crippen molar-refractivity contribution in [3.63, 3.8) is 0 Å². The molecule has 106 valence electrons. The maximum atomic E-state index is 11.8. The molecule has 1 amide bonds. The van der Waals surface area contributed by atoms with Gasteiger partial charge in [-0.1, -0.05) is 30.3 Å². The number of carbonyl (C=O) groups is 1. The van der Waals surface area contributed by atoms with Crippen molar-refractivity contribution in [1.82, 2.24) is 10.3 Å². The van der Waals surface area contributed by atoms with Crippen LogP contribution in [0, 0.1) is 6.92 Å². The SMILES string of the molecule is Cc1cnc(CNC(=O)C(N)CCc2ccccc2)o1. The minimum Gasteiger partial charge on any atom is -0.444 e. The van der Waals surface area contributed by atoms with E-state index in [9.17, 15) is 4.79 Å². The molecule has 1 aromatic heterocycles. The molecule has 0 saturated carbocycles. The van der Waals surface area contributed by atoms with E-state index >= 15 is 0 Å². The number of benzene rings is 1. The lowest BCUT2D eigenvalue weighted by atomic mass is 10.1. The summed E-state index contributed by atoms with van der Waals surface area (Å²) >= 11 is 0. The number of rotatable bonds is 6. The van der Waals surface area contributed by atoms with Gasteiger partial charge in [0.25, 0.3) is 0 Å². The number of carbonyl (C=O) groups excluding carboxylic acids is 1. The molecule has 1 atom stereocenters. The molecular weight excluding hydrogens is 254 g/mol. The highest BCUT2D eigenvalue weighted by molar-refractivity contribution is 5.81. The first kappa shape index (κ1) is 14.3. The zero-order valence-electron chi connectivity index (χ0n) is 11.5. The van der Waals surface area contributed by atoms with E-state index in [2.05, 4.69) is 10.3 Å². The van der Waals surface area contributed by atoms with Crippen molar-refractivity contribution in [3.05, 3.63) is 53.7 Å². The van der Waals surface area contributed by atoms with E-state index in [-0.39, 0.29) is 12.5 Å². The Bertz CT molecular complexity index is 551. The smallest absolute Gasteiger partial charge is 0.237 e. The van der Waals surface area contributed by atoms with E-state index in [1.165, 1.54) is 5.56 Å². The fourth-order valence-electron chi connectivity index (χ4n) is 1.87. The summed E-state index contributed by atoms with van der Waals surface area (Å²) in [6.45, 7) is 2.08. The predicted octanol–water partition coefficient (Wildman–Crippen LogP) is 1.56. The van der Waals surface area contributed by atoms with Gasteiger partial charge < -0.3 is 15.5 Å². The van der Waals surface area contributed by atoms with Gasteiger partial charge in [-0.05, 0) is 25.3 Å². The van der Waals surface area contributed by atoms with Gasteiger partial charge in [-0.2, -0.15) is 0 Å². The van der Waals surface area contributed by atoms with Gasteiger partial charge in [0, 0.05) is 0 Å². The molecule has 0 saturated heterocycles. The van der Waals surface area contributed by atoms with Gasteiger partial charge in [-0.3, -0.25) is 4.79 Å². The van der Waals surface area contributed by atoms with Crippen molar-refractivity contribution in [1.29, 1.82) is 0 Å². The van der Waals surface area contributed by atoms with Crippen LogP contribution >= 0.6 is 0 Å². The topological polar surface area (TPSA) is 81.2 Å². The molecule has 1 heterocycles. The summed E-state index contributed by atoms with van der Waals surface area (Å²) in [7, 11) is 0. The van der Waals surface area contributed by atoms with Gasteiger partial charge in [0.2, 0.25) is 11.8 Å². The molecule has 2 rings (SSSR count). The number of nitrogens with two attached hydrogens (primary N) is 1. The lowest BCUT2D eigenvalue weighted by Gasteiger charge is -2.11. The summed E-state index contributed by atoms with van der Waals surface area (Å²) in [5.74, 6) is 1.03. The lowest BCUT2D eigenvalue weighted by Crippen LogP contribution is -2.40. The van der Waals surface area contributed by atoms with Crippen molar-refractivity contribution in [3.8, 4) is 0 Å². The monoisotopic (exact) mass is 273 g/mol. The van der Waals surface area contributed by atoms with Gasteiger partial charge in [-0.15, -0.1) is 0 Å². The van der Waals surface area contributed by atoms with Gasteiger partial charge in [0.05, 0.1) is 18.8 Å².